The van der Waals surface area contributed by atoms with Crippen LogP contribution in [0.4, 0.5) is 17.1 Å². The molecule has 29 nitrogen and oxygen atoms in total. The fourth-order valence-corrected chi connectivity index (χ4v) is 10.2. The molecule has 0 saturated heterocycles. The molecule has 4 atom stereocenters. The summed E-state index contributed by atoms with van der Waals surface area (Å²) in [5.74, 6) is -2.75. The number of nitrogens with one attached hydrogen (secondary N) is 10. The van der Waals surface area contributed by atoms with Gasteiger partial charge in [0.2, 0.25) is 36.9 Å². The van der Waals surface area contributed by atoms with Crippen LogP contribution in [0.1, 0.15) is 148 Å². The average molecular weight is 1390 g/mol. The summed E-state index contributed by atoms with van der Waals surface area (Å²) in [7, 11) is -2.75. The highest BCUT2D eigenvalue weighted by Crippen LogP contribution is 2.55. The molecule has 0 bridgehead atoms. The molecule has 3 aromatic carbocycles. The number of carbonyl (C=O) groups is 8. The first-order valence-electron chi connectivity index (χ1n) is 30.6. The van der Waals surface area contributed by atoms with E-state index in [2.05, 4.69) is 51.4 Å². The molecule has 0 aliphatic carbocycles. The van der Waals surface area contributed by atoms with E-state index in [4.69, 9.17) is 32.4 Å². The lowest BCUT2D eigenvalue weighted by Gasteiger charge is -2.34. The Kier molecular flexibility index (Phi) is 39.0. The van der Waals surface area contributed by atoms with Gasteiger partial charge in [0.05, 0.1) is 46.2 Å². The molecule has 0 radical (unpaired) electrons. The molecule has 93 heavy (non-hydrogen) atoms. The van der Waals surface area contributed by atoms with E-state index in [9.17, 15) is 55.5 Å². The predicted octanol–water partition coefficient (Wildman–Crippen LogP) is 5.32. The highest BCUT2D eigenvalue weighted by Gasteiger charge is 2.35. The van der Waals surface area contributed by atoms with Crippen LogP contribution in [-0.2, 0) is 81.1 Å². The van der Waals surface area contributed by atoms with Crippen molar-refractivity contribution in [2.45, 2.75) is 128 Å². The van der Waals surface area contributed by atoms with Crippen molar-refractivity contribution in [1.29, 1.82) is 0 Å². The van der Waals surface area contributed by atoms with E-state index in [0.29, 0.717) is 79.0 Å². The zero-order chi connectivity index (χ0) is 68.5. The number of unbranched alkanes of at least 4 members (excludes halogenated alkanes) is 4. The van der Waals surface area contributed by atoms with Crippen molar-refractivity contribution in [3.63, 3.8) is 0 Å². The number of Topliss-reactive ketones (excluding diaryl/α,β-unsaturated/α-hetero) is 1. The molecule has 13 N–H and O–H groups in total. The molecule has 0 aliphatic heterocycles. The molecular weight excluding hydrogens is 1290 g/mol. The maximum absolute atomic E-state index is 13.8. The highest BCUT2D eigenvalue weighted by molar-refractivity contribution is 7.81. The van der Waals surface area contributed by atoms with Gasteiger partial charge in [-0.05, 0) is 118 Å². The molecule has 7 amide bonds. The Morgan fingerprint density at radius 3 is 1.15 bits per heavy atom. The fraction of sp³-hybridized carbons (Fsp3) is 0.567. The first-order chi connectivity index (χ1) is 44.3. The Morgan fingerprint density at radius 2 is 0.753 bits per heavy atom. The van der Waals surface area contributed by atoms with Crippen LogP contribution in [0.5, 0.6) is 0 Å². The van der Waals surface area contributed by atoms with Gasteiger partial charge in [-0.15, -0.1) is 0 Å². The van der Waals surface area contributed by atoms with Crippen LogP contribution >= 0.6 is 7.37 Å². The Hall–Kier alpha value is -6.58. The number of anilines is 3. The topological polar surface area (TPSA) is 423 Å². The highest BCUT2D eigenvalue weighted by atomic mass is 32.2. The third kappa shape index (κ3) is 36.6. The SMILES string of the molecule is CC(C)(C)P(C)(=O)OCCCCCCNC(=O)CCCC(=O)NC(COCCC(=O)NCCCCC(=O)c1ccc(NS(=O)O)cc1)(COCCC(=O)NCCCNC(=O)c1ccc(NS(=O)O)cc1)COCCC(=O)NCCCNC(=O)c1ccc(NS(=O)O)cc1. The van der Waals surface area contributed by atoms with Crippen LogP contribution in [0.3, 0.4) is 0 Å². The summed E-state index contributed by atoms with van der Waals surface area (Å²) >= 11 is -6.79. The number of rotatable bonds is 50. The van der Waals surface area contributed by atoms with Crippen molar-refractivity contribution in [2.24, 2.45) is 0 Å². The molecule has 3 rings (SSSR count). The molecule has 4 unspecified atom stereocenters. The minimum atomic E-state index is -2.75. The van der Waals surface area contributed by atoms with Crippen LogP contribution in [0.2, 0.25) is 0 Å². The number of amides is 7. The quantitative estimate of drug-likeness (QED) is 0.0147. The lowest BCUT2D eigenvalue weighted by atomic mass is 10.0. The van der Waals surface area contributed by atoms with Gasteiger partial charge in [0.25, 0.3) is 45.6 Å². The van der Waals surface area contributed by atoms with Crippen LogP contribution in [0, 0.1) is 0 Å². The van der Waals surface area contributed by atoms with Gasteiger partial charge in [0.15, 0.2) is 5.78 Å². The van der Waals surface area contributed by atoms with Gasteiger partial charge in [-0.1, -0.05) is 33.6 Å². The summed E-state index contributed by atoms with van der Waals surface area (Å²) < 4.78 is 104. The summed E-state index contributed by atoms with van der Waals surface area (Å²) in [5.41, 5.74) is 0.679. The van der Waals surface area contributed by atoms with Gasteiger partial charge < -0.3 is 56.0 Å². The normalized spacial score (nSPS) is 13.5. The third-order valence-corrected chi connectivity index (χ3v) is 18.3. The van der Waals surface area contributed by atoms with Crippen LogP contribution < -0.4 is 51.4 Å². The minimum absolute atomic E-state index is 0.0406. The van der Waals surface area contributed by atoms with Crippen molar-refractivity contribution in [2.75, 3.05) is 106 Å². The van der Waals surface area contributed by atoms with E-state index in [0.717, 1.165) is 19.3 Å². The predicted molar refractivity (Wildman–Crippen MR) is 355 cm³/mol. The van der Waals surface area contributed by atoms with Crippen molar-refractivity contribution < 1.29 is 87.9 Å². The maximum Gasteiger partial charge on any atom is 0.259 e. The van der Waals surface area contributed by atoms with Gasteiger partial charge in [-0.25, -0.2) is 12.6 Å². The van der Waals surface area contributed by atoms with Gasteiger partial charge in [-0.2, -0.15) is 0 Å². The summed E-state index contributed by atoms with van der Waals surface area (Å²) in [6.45, 7) is 8.04. The van der Waals surface area contributed by atoms with Crippen LogP contribution in [0.15, 0.2) is 72.8 Å². The van der Waals surface area contributed by atoms with E-state index >= 15 is 0 Å². The Balaban J connectivity index is 1.61. The second-order valence-electron chi connectivity index (χ2n) is 22.6. The Bertz CT molecular complexity index is 2700. The van der Waals surface area contributed by atoms with E-state index < -0.39 is 57.8 Å². The van der Waals surface area contributed by atoms with Crippen LogP contribution in [-0.4, -0.2) is 176 Å². The molecule has 33 heteroatoms. The summed E-state index contributed by atoms with van der Waals surface area (Å²) in [5, 5.41) is 19.2. The molecule has 520 valence electrons. The number of benzene rings is 3. The van der Waals surface area contributed by atoms with Crippen molar-refractivity contribution in [1.82, 2.24) is 37.2 Å². The molecule has 0 saturated carbocycles. The van der Waals surface area contributed by atoms with Crippen molar-refractivity contribution in [3.8, 4) is 0 Å². The molecule has 3 aromatic rings. The molecular formula is C60H93N10O19PS3. The first kappa shape index (κ1) is 80.7. The summed E-state index contributed by atoms with van der Waals surface area (Å²) in [6.07, 6.45) is 4.80. The molecule has 0 aromatic heterocycles. The second kappa shape index (κ2) is 44.9. The second-order valence-corrected chi connectivity index (χ2v) is 28.0. The van der Waals surface area contributed by atoms with E-state index in [1.165, 1.54) is 60.7 Å². The number of ether oxygens (including phenoxy) is 3. The summed E-state index contributed by atoms with van der Waals surface area (Å²) in [4.78, 5) is 103. The minimum Gasteiger partial charge on any atom is -0.378 e. The molecule has 0 aliphatic rings. The van der Waals surface area contributed by atoms with Gasteiger partial charge in [-0.3, -0.25) is 70.7 Å². The largest absolute Gasteiger partial charge is 0.378 e. The van der Waals surface area contributed by atoms with E-state index in [-0.39, 0.29) is 159 Å². The molecule has 0 spiro atoms. The Morgan fingerprint density at radius 1 is 0.409 bits per heavy atom. The van der Waals surface area contributed by atoms with Crippen molar-refractivity contribution >= 4 is 105 Å². The van der Waals surface area contributed by atoms with Gasteiger partial charge in [0.1, 0.15) is 5.54 Å². The standard InChI is InChI=1S/C60H93N10O19PS3/c1-59(2,3)90(4,79)89-38-10-6-5-8-32-61-52(72)15-11-16-56(76)67-60(42-86-39-29-53(73)62-33-9-7-14-51(71)45-17-23-48(24-18-45)68-91(80)81,43-87-40-30-54(74)63-34-12-36-65-57(77)46-19-25-49(26-20-46)69-92(82)83)44-88-41-31-55(75)64-35-13-37-66-58(78)47-21-27-50(28-22-47)70-93(84)85/h17-28,68-70H,5-16,29-44H2,1-4H3,(H,61,72)(H,62,73)(H,63,74)(H,64,75)(H,65,77)(H,66,78)(H,67,76)(H,80,81)(H,82,83)(H,84,85). The fourth-order valence-electron chi connectivity index (χ4n) is 8.32. The number of carbonyl (C=O) groups excluding carboxylic acids is 8. The zero-order valence-electron chi connectivity index (χ0n) is 53.3. The smallest absolute Gasteiger partial charge is 0.259 e. The zero-order valence-corrected chi connectivity index (χ0v) is 56.6. The lowest BCUT2D eigenvalue weighted by molar-refractivity contribution is -0.131. The van der Waals surface area contributed by atoms with Gasteiger partial charge in [0, 0.05) is 123 Å². The summed E-state index contributed by atoms with van der Waals surface area (Å²) in [6, 6.07) is 18.0. The van der Waals surface area contributed by atoms with E-state index in [1.54, 1.807) is 18.8 Å². The average Bonchev–Trinajstić information content (AvgIpc) is 1.58. The van der Waals surface area contributed by atoms with E-state index in [1.807, 2.05) is 20.8 Å². The monoisotopic (exact) mass is 1380 g/mol. The molecule has 0 fully saturated rings. The molecule has 0 heterocycles. The first-order valence-corrected chi connectivity index (χ1v) is 36.0. The lowest BCUT2D eigenvalue weighted by Crippen LogP contribution is -2.58. The van der Waals surface area contributed by atoms with Crippen molar-refractivity contribution in [3.05, 3.63) is 89.5 Å². The Labute approximate surface area is 551 Å². The maximum atomic E-state index is 13.8. The third-order valence-electron chi connectivity index (χ3n) is 13.9. The van der Waals surface area contributed by atoms with Crippen LogP contribution in [0.25, 0.3) is 0 Å². The van der Waals surface area contributed by atoms with Gasteiger partial charge >= 0.3 is 0 Å². The number of hydrogen-bond acceptors (Lipinski definition) is 16. The number of hydrogen-bond donors (Lipinski definition) is 13. The number of ketones is 1.